The molecule has 0 saturated carbocycles. The number of hydrogen-bond donors (Lipinski definition) is 1. The van der Waals surface area contributed by atoms with E-state index in [9.17, 15) is 23.3 Å². The molecule has 1 aromatic carbocycles. The fourth-order valence-corrected chi connectivity index (χ4v) is 1.45. The van der Waals surface area contributed by atoms with Crippen LogP contribution in [0.15, 0.2) is 12.1 Å². The van der Waals surface area contributed by atoms with Gasteiger partial charge >= 0.3 is 11.9 Å². The largest absolute Gasteiger partial charge is 0.493 e. The number of alkyl halides is 3. The van der Waals surface area contributed by atoms with Crippen LogP contribution in [0.4, 0.5) is 18.9 Å². The molecule has 1 rings (SSSR count). The second-order valence-corrected chi connectivity index (χ2v) is 3.48. The lowest BCUT2D eigenvalue weighted by molar-refractivity contribution is -0.386. The Morgan fingerprint density at radius 1 is 1.32 bits per heavy atom. The summed E-state index contributed by atoms with van der Waals surface area (Å²) in [5.41, 5.74) is -1.42. The van der Waals surface area contributed by atoms with E-state index >= 15 is 0 Å². The molecule has 1 atom stereocenters. The van der Waals surface area contributed by atoms with Crippen LogP contribution in [-0.2, 0) is 0 Å². The monoisotopic (exact) mass is 281 g/mol. The molecular weight excluding hydrogens is 271 g/mol. The molecule has 0 aromatic heterocycles. The first-order valence-corrected chi connectivity index (χ1v) is 4.87. The Balaban J connectivity index is 3.45. The lowest BCUT2D eigenvalue weighted by Crippen LogP contribution is -2.20. The molecule has 0 aliphatic carbocycles. The molecule has 0 bridgehead atoms. The minimum Gasteiger partial charge on any atom is -0.493 e. The number of nitrogens with zero attached hydrogens (tertiary/aromatic N) is 1. The lowest BCUT2D eigenvalue weighted by atomic mass is 10.1. The molecule has 9 heteroatoms. The minimum absolute atomic E-state index is 0.269. The van der Waals surface area contributed by atoms with E-state index in [0.29, 0.717) is 6.07 Å². The third-order valence-corrected chi connectivity index (χ3v) is 2.30. The third-order valence-electron chi connectivity index (χ3n) is 2.30. The molecule has 0 spiro atoms. The maximum absolute atomic E-state index is 12.4. The van der Waals surface area contributed by atoms with E-state index in [-0.39, 0.29) is 11.5 Å². The maximum atomic E-state index is 12.4. The molecule has 0 heterocycles. The summed E-state index contributed by atoms with van der Waals surface area (Å²) in [6, 6.07) is 1.43. The first-order valence-electron chi connectivity index (χ1n) is 4.87. The summed E-state index contributed by atoms with van der Waals surface area (Å²) < 4.78 is 46.6. The van der Waals surface area contributed by atoms with Gasteiger partial charge in [0.15, 0.2) is 11.9 Å². The Bertz CT molecular complexity index is 489. The van der Waals surface area contributed by atoms with E-state index in [1.54, 1.807) is 0 Å². The van der Waals surface area contributed by atoms with Crippen molar-refractivity contribution in [3.8, 4) is 11.5 Å². The lowest BCUT2D eigenvalue weighted by Gasteiger charge is -2.16. The van der Waals surface area contributed by atoms with Crippen LogP contribution in [0.25, 0.3) is 0 Å². The fraction of sp³-hybridized carbons (Fsp3) is 0.400. The molecule has 0 radical (unpaired) electrons. The summed E-state index contributed by atoms with van der Waals surface area (Å²) in [4.78, 5) is 9.86. The van der Waals surface area contributed by atoms with Crippen molar-refractivity contribution in [1.82, 2.24) is 0 Å². The summed E-state index contributed by atoms with van der Waals surface area (Å²) in [5.74, 6) is -0.583. The number of halogens is 3. The molecule has 106 valence electrons. The van der Waals surface area contributed by atoms with Crippen molar-refractivity contribution in [3.63, 3.8) is 0 Å². The highest BCUT2D eigenvalue weighted by Crippen LogP contribution is 2.42. The number of hydrogen-bond acceptors (Lipinski definition) is 5. The summed E-state index contributed by atoms with van der Waals surface area (Å²) in [6.07, 6.45) is -7.78. The third kappa shape index (κ3) is 3.05. The number of methoxy groups -OCH3 is 2. The zero-order chi connectivity index (χ0) is 14.8. The van der Waals surface area contributed by atoms with Gasteiger partial charge in [-0.3, -0.25) is 10.1 Å². The molecule has 1 aromatic rings. The van der Waals surface area contributed by atoms with Crippen molar-refractivity contribution in [2.24, 2.45) is 0 Å². The highest BCUT2D eigenvalue weighted by Gasteiger charge is 2.41. The number of nitro benzene ring substituents is 1. The highest BCUT2D eigenvalue weighted by molar-refractivity contribution is 5.58. The molecule has 19 heavy (non-hydrogen) atoms. The van der Waals surface area contributed by atoms with Crippen molar-refractivity contribution in [2.75, 3.05) is 14.2 Å². The molecule has 0 aliphatic rings. The van der Waals surface area contributed by atoms with Gasteiger partial charge in [-0.25, -0.2) is 0 Å². The predicted molar refractivity (Wildman–Crippen MR) is 57.2 cm³/mol. The number of benzene rings is 1. The van der Waals surface area contributed by atoms with E-state index < -0.39 is 28.5 Å². The number of rotatable bonds is 4. The Labute approximate surface area is 105 Å². The van der Waals surface area contributed by atoms with Gasteiger partial charge in [-0.05, 0) is 6.07 Å². The topological polar surface area (TPSA) is 81.8 Å². The Hall–Kier alpha value is -2.03. The van der Waals surface area contributed by atoms with Crippen molar-refractivity contribution >= 4 is 5.69 Å². The van der Waals surface area contributed by atoms with Crippen LogP contribution < -0.4 is 9.47 Å². The zero-order valence-corrected chi connectivity index (χ0v) is 9.89. The second-order valence-electron chi connectivity index (χ2n) is 3.48. The highest BCUT2D eigenvalue weighted by atomic mass is 19.4. The second kappa shape index (κ2) is 5.31. The molecule has 0 aliphatic heterocycles. The number of ether oxygens (including phenoxy) is 2. The van der Waals surface area contributed by atoms with Gasteiger partial charge in [-0.1, -0.05) is 0 Å². The molecule has 0 fully saturated rings. The van der Waals surface area contributed by atoms with Crippen LogP contribution in [-0.4, -0.2) is 30.4 Å². The fourth-order valence-electron chi connectivity index (χ4n) is 1.45. The van der Waals surface area contributed by atoms with Gasteiger partial charge in [0.25, 0.3) is 0 Å². The number of nitro groups is 1. The SMILES string of the molecule is COc1cc(C(O)C(F)(F)F)cc([N+](=O)[O-])c1OC. The summed E-state index contributed by atoms with van der Waals surface area (Å²) >= 11 is 0. The van der Waals surface area contributed by atoms with E-state index in [1.165, 1.54) is 0 Å². The van der Waals surface area contributed by atoms with Gasteiger partial charge in [0.05, 0.1) is 19.1 Å². The number of aliphatic hydroxyl groups excluding tert-OH is 1. The molecule has 0 saturated heterocycles. The average molecular weight is 281 g/mol. The van der Waals surface area contributed by atoms with Crippen molar-refractivity contribution in [2.45, 2.75) is 12.3 Å². The van der Waals surface area contributed by atoms with Gasteiger partial charge in [0.1, 0.15) is 0 Å². The molecule has 6 nitrogen and oxygen atoms in total. The quantitative estimate of drug-likeness (QED) is 0.675. The van der Waals surface area contributed by atoms with Gasteiger partial charge in [0, 0.05) is 11.6 Å². The van der Waals surface area contributed by atoms with Crippen LogP contribution in [0.3, 0.4) is 0 Å². The van der Waals surface area contributed by atoms with Gasteiger partial charge in [0.2, 0.25) is 5.75 Å². The van der Waals surface area contributed by atoms with Crippen LogP contribution in [0.5, 0.6) is 11.5 Å². The van der Waals surface area contributed by atoms with E-state index in [2.05, 4.69) is 0 Å². The van der Waals surface area contributed by atoms with Crippen LogP contribution >= 0.6 is 0 Å². The Kier molecular flexibility index (Phi) is 4.20. The van der Waals surface area contributed by atoms with E-state index in [1.807, 2.05) is 0 Å². The average Bonchev–Trinajstić information content (AvgIpc) is 2.34. The standard InChI is InChI=1S/C10H10F3NO5/c1-18-7-4-5(9(15)10(11,12)13)3-6(14(16)17)8(7)19-2/h3-4,9,15H,1-2H3. The summed E-state index contributed by atoms with van der Waals surface area (Å²) in [6.45, 7) is 0. The smallest absolute Gasteiger partial charge is 0.418 e. The van der Waals surface area contributed by atoms with Crippen molar-refractivity contribution in [1.29, 1.82) is 0 Å². The molecule has 0 amide bonds. The van der Waals surface area contributed by atoms with Crippen LogP contribution in [0.2, 0.25) is 0 Å². The first-order chi connectivity index (χ1) is 8.72. The predicted octanol–water partition coefficient (Wildman–Crippen LogP) is 2.21. The first kappa shape index (κ1) is 15.0. The minimum atomic E-state index is -4.94. The van der Waals surface area contributed by atoms with E-state index in [4.69, 9.17) is 14.6 Å². The van der Waals surface area contributed by atoms with E-state index in [0.717, 1.165) is 20.3 Å². The van der Waals surface area contributed by atoms with Gasteiger partial charge in [-0.15, -0.1) is 0 Å². The normalized spacial score (nSPS) is 12.9. The Morgan fingerprint density at radius 3 is 2.26 bits per heavy atom. The van der Waals surface area contributed by atoms with Gasteiger partial charge in [-0.2, -0.15) is 13.2 Å². The Morgan fingerprint density at radius 2 is 1.89 bits per heavy atom. The van der Waals surface area contributed by atoms with Crippen LogP contribution in [0.1, 0.15) is 11.7 Å². The van der Waals surface area contributed by atoms with Crippen molar-refractivity contribution < 1.29 is 32.7 Å². The summed E-state index contributed by atoms with van der Waals surface area (Å²) in [5, 5.41) is 19.9. The maximum Gasteiger partial charge on any atom is 0.418 e. The van der Waals surface area contributed by atoms with Gasteiger partial charge < -0.3 is 14.6 Å². The number of aliphatic hydroxyl groups is 1. The molecule has 1 unspecified atom stereocenters. The summed E-state index contributed by atoms with van der Waals surface area (Å²) in [7, 11) is 2.23. The molecule has 1 N–H and O–H groups in total. The zero-order valence-electron chi connectivity index (χ0n) is 9.89. The molecular formula is C10H10F3NO5. The van der Waals surface area contributed by atoms with Crippen LogP contribution in [0, 0.1) is 10.1 Å². The van der Waals surface area contributed by atoms with Crippen molar-refractivity contribution in [3.05, 3.63) is 27.8 Å².